The molecule has 6 heteroatoms. The number of carboxylic acids is 1. The molecule has 0 aromatic heterocycles. The molecule has 1 aliphatic rings. The van der Waals surface area contributed by atoms with E-state index >= 15 is 0 Å². The molecule has 21 heavy (non-hydrogen) atoms. The van der Waals surface area contributed by atoms with Gasteiger partial charge in [-0.2, -0.15) is 0 Å². The summed E-state index contributed by atoms with van der Waals surface area (Å²) in [7, 11) is 0. The van der Waals surface area contributed by atoms with Crippen LogP contribution in [0.2, 0.25) is 5.02 Å². The average Bonchev–Trinajstić information content (AvgIpc) is 2.46. The molecule has 0 radical (unpaired) electrons. The summed E-state index contributed by atoms with van der Waals surface area (Å²) < 4.78 is 0.585. The molecular weight excluding hydrogens is 358 g/mol. The number of hydrogen-bond acceptors (Lipinski definition) is 2. The summed E-state index contributed by atoms with van der Waals surface area (Å²) in [5.74, 6) is -0.837. The summed E-state index contributed by atoms with van der Waals surface area (Å²) in [5.41, 5.74) is 0.445. The van der Waals surface area contributed by atoms with Gasteiger partial charge >= 0.3 is 5.97 Å². The van der Waals surface area contributed by atoms with Crippen LogP contribution in [0.1, 0.15) is 36.5 Å². The Morgan fingerprint density at radius 2 is 2.19 bits per heavy atom. The predicted octanol–water partition coefficient (Wildman–Crippen LogP) is 3.82. The van der Waals surface area contributed by atoms with Crippen molar-refractivity contribution in [3.8, 4) is 0 Å². The molecule has 1 heterocycles. The van der Waals surface area contributed by atoms with Crippen LogP contribution in [0, 0.1) is 5.92 Å². The molecule has 1 aromatic carbocycles. The number of benzene rings is 1. The van der Waals surface area contributed by atoms with E-state index in [2.05, 4.69) is 22.9 Å². The number of halogens is 2. The number of likely N-dealkylation sites (tertiary alicyclic amines) is 1. The lowest BCUT2D eigenvalue weighted by Crippen LogP contribution is -2.50. The number of carboxylic acid groups (broad SMARTS) is 1. The molecule has 0 aliphatic carbocycles. The number of piperidine rings is 1. The minimum atomic E-state index is -0.938. The highest BCUT2D eigenvalue weighted by atomic mass is 79.9. The van der Waals surface area contributed by atoms with E-state index in [9.17, 15) is 14.7 Å². The maximum atomic E-state index is 12.6. The Morgan fingerprint density at radius 1 is 1.48 bits per heavy atom. The van der Waals surface area contributed by atoms with Crippen molar-refractivity contribution < 1.29 is 14.7 Å². The summed E-state index contributed by atoms with van der Waals surface area (Å²) >= 11 is 9.19. The fourth-order valence-corrected chi connectivity index (χ4v) is 3.56. The first-order valence-electron chi connectivity index (χ1n) is 6.92. The molecule has 1 aliphatic heterocycles. The van der Waals surface area contributed by atoms with Gasteiger partial charge in [0.2, 0.25) is 0 Å². The van der Waals surface area contributed by atoms with Gasteiger partial charge in [-0.15, -0.1) is 0 Å². The van der Waals surface area contributed by atoms with E-state index in [-0.39, 0.29) is 5.91 Å². The fraction of sp³-hybridized carbons (Fsp3) is 0.467. The zero-order valence-electron chi connectivity index (χ0n) is 11.7. The van der Waals surface area contributed by atoms with Crippen molar-refractivity contribution in [1.82, 2.24) is 4.90 Å². The molecule has 114 valence electrons. The average molecular weight is 375 g/mol. The predicted molar refractivity (Wildman–Crippen MR) is 84.6 cm³/mol. The Balaban J connectivity index is 2.26. The lowest BCUT2D eigenvalue weighted by Gasteiger charge is -2.37. The monoisotopic (exact) mass is 373 g/mol. The first-order valence-corrected chi connectivity index (χ1v) is 8.10. The van der Waals surface area contributed by atoms with Crippen molar-refractivity contribution in [2.24, 2.45) is 5.92 Å². The quantitative estimate of drug-likeness (QED) is 0.875. The van der Waals surface area contributed by atoms with Crippen LogP contribution in [-0.2, 0) is 4.79 Å². The van der Waals surface area contributed by atoms with E-state index in [4.69, 9.17) is 11.6 Å². The number of amides is 1. The molecule has 0 spiro atoms. The summed E-state index contributed by atoms with van der Waals surface area (Å²) in [6.07, 6.45) is 2.30. The van der Waals surface area contributed by atoms with Gasteiger partial charge in [-0.3, -0.25) is 4.79 Å². The maximum absolute atomic E-state index is 12.6. The molecule has 1 aromatic rings. The normalized spacial score (nSPS) is 22.1. The van der Waals surface area contributed by atoms with E-state index in [1.54, 1.807) is 18.2 Å². The highest BCUT2D eigenvalue weighted by molar-refractivity contribution is 9.10. The van der Waals surface area contributed by atoms with E-state index in [1.165, 1.54) is 4.90 Å². The Morgan fingerprint density at radius 3 is 2.76 bits per heavy atom. The SMILES string of the molecule is CCC1CCN(C(=O)c2ccc(Cl)cc2Br)C(C(=O)O)C1. The van der Waals surface area contributed by atoms with Crippen molar-refractivity contribution in [3.63, 3.8) is 0 Å². The Bertz CT molecular complexity index is 564. The van der Waals surface area contributed by atoms with Gasteiger partial charge in [0.25, 0.3) is 5.91 Å². The fourth-order valence-electron chi connectivity index (χ4n) is 2.70. The lowest BCUT2D eigenvalue weighted by atomic mass is 9.88. The molecule has 1 saturated heterocycles. The van der Waals surface area contributed by atoms with Gasteiger partial charge in [-0.25, -0.2) is 4.79 Å². The van der Waals surface area contributed by atoms with Gasteiger partial charge in [0.05, 0.1) is 5.56 Å². The first kappa shape index (κ1) is 16.3. The second-order valence-corrected chi connectivity index (χ2v) is 6.57. The number of carbonyl (C=O) groups is 2. The number of hydrogen-bond donors (Lipinski definition) is 1. The molecular formula is C15H17BrClNO3. The number of aliphatic carboxylic acids is 1. The molecule has 0 bridgehead atoms. The third-order valence-corrected chi connectivity index (χ3v) is 4.89. The topological polar surface area (TPSA) is 57.6 Å². The van der Waals surface area contributed by atoms with Gasteiger partial charge in [0, 0.05) is 16.0 Å². The van der Waals surface area contributed by atoms with E-state index in [0.717, 1.165) is 12.8 Å². The summed E-state index contributed by atoms with van der Waals surface area (Å²) in [6, 6.07) is 4.15. The first-order chi connectivity index (χ1) is 9.93. The molecule has 2 rings (SSSR count). The number of nitrogens with zero attached hydrogens (tertiary/aromatic N) is 1. The number of carbonyl (C=O) groups excluding carboxylic acids is 1. The van der Waals surface area contributed by atoms with Crippen LogP contribution < -0.4 is 0 Å². The molecule has 1 fully saturated rings. The minimum Gasteiger partial charge on any atom is -0.480 e. The molecule has 2 atom stereocenters. The minimum absolute atomic E-state index is 0.263. The van der Waals surface area contributed by atoms with E-state index < -0.39 is 12.0 Å². The highest BCUT2D eigenvalue weighted by Gasteiger charge is 2.36. The number of rotatable bonds is 3. The summed E-state index contributed by atoms with van der Waals surface area (Å²) in [4.78, 5) is 25.6. The molecule has 0 saturated carbocycles. The van der Waals surface area contributed by atoms with E-state index in [0.29, 0.717) is 33.9 Å². The van der Waals surface area contributed by atoms with Crippen LogP contribution in [0.5, 0.6) is 0 Å². The van der Waals surface area contributed by atoms with Gasteiger partial charge < -0.3 is 10.0 Å². The second kappa shape index (κ2) is 6.79. The van der Waals surface area contributed by atoms with Crippen molar-refractivity contribution in [2.75, 3.05) is 6.54 Å². The van der Waals surface area contributed by atoms with Crippen LogP contribution in [0.3, 0.4) is 0 Å². The van der Waals surface area contributed by atoms with Crippen molar-refractivity contribution in [2.45, 2.75) is 32.2 Å². The van der Waals surface area contributed by atoms with Crippen LogP contribution in [0.25, 0.3) is 0 Å². The zero-order chi connectivity index (χ0) is 15.6. The third kappa shape index (κ3) is 3.58. The van der Waals surface area contributed by atoms with Crippen molar-refractivity contribution >= 4 is 39.4 Å². The molecule has 1 amide bonds. The Kier molecular flexibility index (Phi) is 5.27. The summed E-state index contributed by atoms with van der Waals surface area (Å²) in [6.45, 7) is 2.53. The smallest absolute Gasteiger partial charge is 0.326 e. The molecule has 2 unspecified atom stereocenters. The van der Waals surface area contributed by atoms with Crippen LogP contribution >= 0.6 is 27.5 Å². The summed E-state index contributed by atoms with van der Waals surface area (Å²) in [5, 5.41) is 9.93. The standard InChI is InChI=1S/C15H17BrClNO3/c1-2-9-5-6-18(13(7-9)15(20)21)14(19)11-4-3-10(17)8-12(11)16/h3-4,8-9,13H,2,5-7H2,1H3,(H,20,21). The zero-order valence-corrected chi connectivity index (χ0v) is 14.0. The van der Waals surface area contributed by atoms with Crippen LogP contribution in [0.15, 0.2) is 22.7 Å². The third-order valence-electron chi connectivity index (χ3n) is 4.00. The highest BCUT2D eigenvalue weighted by Crippen LogP contribution is 2.29. The van der Waals surface area contributed by atoms with Gasteiger partial charge in [-0.05, 0) is 52.9 Å². The van der Waals surface area contributed by atoms with Gasteiger partial charge in [-0.1, -0.05) is 24.9 Å². The second-order valence-electron chi connectivity index (χ2n) is 5.28. The van der Waals surface area contributed by atoms with Gasteiger partial charge in [0.1, 0.15) is 6.04 Å². The van der Waals surface area contributed by atoms with Gasteiger partial charge in [0.15, 0.2) is 0 Å². The lowest BCUT2D eigenvalue weighted by molar-refractivity contribution is -0.144. The largest absolute Gasteiger partial charge is 0.480 e. The maximum Gasteiger partial charge on any atom is 0.326 e. The molecule has 4 nitrogen and oxygen atoms in total. The molecule has 1 N–H and O–H groups in total. The van der Waals surface area contributed by atoms with Crippen LogP contribution in [0.4, 0.5) is 0 Å². The van der Waals surface area contributed by atoms with Crippen LogP contribution in [-0.4, -0.2) is 34.5 Å². The van der Waals surface area contributed by atoms with Crippen molar-refractivity contribution in [3.05, 3.63) is 33.3 Å². The Labute approximate surface area is 137 Å². The van der Waals surface area contributed by atoms with Crippen molar-refractivity contribution in [1.29, 1.82) is 0 Å². The Hall–Kier alpha value is -1.07. The van der Waals surface area contributed by atoms with E-state index in [1.807, 2.05) is 0 Å².